The van der Waals surface area contributed by atoms with Crippen LogP contribution in [0.1, 0.15) is 47.7 Å². The van der Waals surface area contributed by atoms with Crippen LogP contribution >= 0.6 is 0 Å². The van der Waals surface area contributed by atoms with E-state index in [4.69, 9.17) is 15.7 Å². The molecule has 40 heavy (non-hydrogen) atoms. The van der Waals surface area contributed by atoms with Gasteiger partial charge in [-0.2, -0.15) is 0 Å². The third kappa shape index (κ3) is 4.92. The Morgan fingerprint density at radius 2 is 1.80 bits per heavy atom. The number of hydrogen-bond donors (Lipinski definition) is 2. The zero-order valence-corrected chi connectivity index (χ0v) is 24.0. The van der Waals surface area contributed by atoms with Gasteiger partial charge in [-0.3, -0.25) is 9.69 Å². The Kier molecular flexibility index (Phi) is 6.96. The molecule has 4 aromatic rings. The van der Waals surface area contributed by atoms with Crippen LogP contribution in [-0.2, 0) is 17.8 Å². The maximum absolute atomic E-state index is 11.5. The molecule has 0 radical (unpaired) electrons. The van der Waals surface area contributed by atoms with Gasteiger partial charge in [-0.15, -0.1) is 0 Å². The monoisotopic (exact) mass is 537 g/mol. The van der Waals surface area contributed by atoms with Crippen LogP contribution in [0.2, 0.25) is 0 Å². The van der Waals surface area contributed by atoms with Crippen LogP contribution in [0.25, 0.3) is 22.3 Å². The first-order valence-electron chi connectivity index (χ1n) is 14.4. The van der Waals surface area contributed by atoms with Gasteiger partial charge in [-0.05, 0) is 48.6 Å². The molecule has 1 fully saturated rings. The average Bonchev–Trinajstić information content (AvgIpc) is 3.33. The van der Waals surface area contributed by atoms with E-state index in [9.17, 15) is 4.79 Å². The molecule has 2 aliphatic heterocycles. The second kappa shape index (κ2) is 10.6. The lowest BCUT2D eigenvalue weighted by Crippen LogP contribution is -2.49. The van der Waals surface area contributed by atoms with Crippen LogP contribution in [0.15, 0.2) is 42.6 Å². The van der Waals surface area contributed by atoms with Crippen molar-refractivity contribution >= 4 is 28.3 Å². The van der Waals surface area contributed by atoms with Gasteiger partial charge in [0, 0.05) is 79.6 Å². The molecular formula is C32H39N7O. The molecule has 0 atom stereocenters. The van der Waals surface area contributed by atoms with Crippen molar-refractivity contribution in [3.8, 4) is 11.4 Å². The van der Waals surface area contributed by atoms with Gasteiger partial charge < -0.3 is 20.5 Å². The van der Waals surface area contributed by atoms with Crippen molar-refractivity contribution in [3.63, 3.8) is 0 Å². The van der Waals surface area contributed by atoms with E-state index in [0.29, 0.717) is 12.5 Å². The quantitative estimate of drug-likeness (QED) is 0.375. The van der Waals surface area contributed by atoms with Crippen molar-refractivity contribution in [1.29, 1.82) is 0 Å². The Balaban J connectivity index is 1.42. The van der Waals surface area contributed by atoms with E-state index in [1.165, 1.54) is 33.3 Å². The maximum Gasteiger partial charge on any atom is 0.231 e. The molecule has 0 saturated carbocycles. The summed E-state index contributed by atoms with van der Waals surface area (Å²) in [4.78, 5) is 32.4. The van der Waals surface area contributed by atoms with E-state index in [1.54, 1.807) is 0 Å². The molecule has 4 heterocycles. The topological polar surface area (TPSA) is 94.4 Å². The number of aryl methyl sites for hydroxylation is 2. The van der Waals surface area contributed by atoms with E-state index in [-0.39, 0.29) is 5.91 Å². The summed E-state index contributed by atoms with van der Waals surface area (Å²) in [6.07, 6.45) is 2.92. The number of anilines is 2. The van der Waals surface area contributed by atoms with E-state index in [0.717, 1.165) is 74.1 Å². The summed E-state index contributed by atoms with van der Waals surface area (Å²) in [7, 11) is 0. The largest absolute Gasteiger partial charge is 0.369 e. The SMILES string of the molecule is Cc1ccc(C(C)C)cc1N1CCc2nc(-c3cccc4[nH]cc(C)c34)nc(N3CCN(CC(N)=O)CC3)c2C1. The van der Waals surface area contributed by atoms with Crippen LogP contribution in [0.4, 0.5) is 11.5 Å². The number of aromatic nitrogens is 3. The number of nitrogens with one attached hydrogen (secondary N) is 1. The van der Waals surface area contributed by atoms with Crippen LogP contribution < -0.4 is 15.5 Å². The summed E-state index contributed by atoms with van der Waals surface area (Å²) in [6, 6.07) is 13.2. The number of carbonyl (C=O) groups excluding carboxylic acids is 1. The van der Waals surface area contributed by atoms with Crippen LogP contribution in [-0.4, -0.2) is 65.0 Å². The lowest BCUT2D eigenvalue weighted by atomic mass is 9.98. The predicted molar refractivity (Wildman–Crippen MR) is 162 cm³/mol. The molecule has 0 bridgehead atoms. The maximum atomic E-state index is 11.5. The zero-order chi connectivity index (χ0) is 28.0. The normalized spacial score (nSPS) is 16.1. The molecule has 208 valence electrons. The molecule has 8 heteroatoms. The molecule has 6 rings (SSSR count). The Hall–Kier alpha value is -3.91. The molecular weight excluding hydrogens is 498 g/mol. The highest BCUT2D eigenvalue weighted by Gasteiger charge is 2.29. The predicted octanol–water partition coefficient (Wildman–Crippen LogP) is 4.54. The van der Waals surface area contributed by atoms with Gasteiger partial charge in [-0.25, -0.2) is 9.97 Å². The van der Waals surface area contributed by atoms with Gasteiger partial charge in [0.2, 0.25) is 5.91 Å². The standard InChI is InChI=1S/C32H39N7O/c1-20(2)23-9-8-21(3)28(16-23)39-11-10-26-25(18-39)32(38-14-12-37(13-15-38)19-29(33)40)36-31(35-26)24-6-5-7-27-30(24)22(4)17-34-27/h5-9,16-17,20,34H,10-15,18-19H2,1-4H3,(H2,33,40). The van der Waals surface area contributed by atoms with E-state index in [1.807, 2.05) is 0 Å². The summed E-state index contributed by atoms with van der Waals surface area (Å²) < 4.78 is 0. The number of nitrogens with two attached hydrogens (primary N) is 1. The molecule has 1 amide bonds. The Morgan fingerprint density at radius 3 is 2.55 bits per heavy atom. The van der Waals surface area contributed by atoms with Crippen molar-refractivity contribution in [3.05, 3.63) is 70.5 Å². The van der Waals surface area contributed by atoms with Gasteiger partial charge in [0.05, 0.1) is 12.2 Å². The minimum absolute atomic E-state index is 0.278. The van der Waals surface area contributed by atoms with Gasteiger partial charge in [0.25, 0.3) is 0 Å². The van der Waals surface area contributed by atoms with Gasteiger partial charge in [0.1, 0.15) is 5.82 Å². The summed E-state index contributed by atoms with van der Waals surface area (Å²) in [5.74, 6) is 2.01. The van der Waals surface area contributed by atoms with Crippen molar-refractivity contribution in [1.82, 2.24) is 19.9 Å². The average molecular weight is 538 g/mol. The molecule has 0 spiro atoms. The summed E-state index contributed by atoms with van der Waals surface area (Å²) in [5.41, 5.74) is 15.1. The van der Waals surface area contributed by atoms with Crippen LogP contribution in [0.3, 0.4) is 0 Å². The summed E-state index contributed by atoms with van der Waals surface area (Å²) in [6.45, 7) is 14.0. The number of piperazine rings is 1. The molecule has 0 aliphatic carbocycles. The number of rotatable bonds is 6. The number of fused-ring (bicyclic) bond motifs is 2. The number of hydrogen-bond acceptors (Lipinski definition) is 6. The number of primary amides is 1. The second-order valence-corrected chi connectivity index (χ2v) is 11.6. The fourth-order valence-corrected chi connectivity index (χ4v) is 6.19. The molecule has 8 nitrogen and oxygen atoms in total. The molecule has 3 N–H and O–H groups in total. The van der Waals surface area contributed by atoms with Crippen LogP contribution in [0.5, 0.6) is 0 Å². The van der Waals surface area contributed by atoms with Crippen molar-refractivity contribution in [2.24, 2.45) is 5.73 Å². The van der Waals surface area contributed by atoms with E-state index >= 15 is 0 Å². The van der Waals surface area contributed by atoms with Crippen LogP contribution in [0, 0.1) is 13.8 Å². The number of nitrogens with zero attached hydrogens (tertiary/aromatic N) is 5. The number of H-pyrrole nitrogens is 1. The fraction of sp³-hybridized carbons (Fsp3) is 0.406. The lowest BCUT2D eigenvalue weighted by molar-refractivity contribution is -0.119. The Bertz CT molecular complexity index is 1570. The minimum atomic E-state index is -0.278. The first-order valence-corrected chi connectivity index (χ1v) is 14.4. The third-order valence-corrected chi connectivity index (χ3v) is 8.47. The Labute approximate surface area is 236 Å². The van der Waals surface area contributed by atoms with Crippen molar-refractivity contribution in [2.75, 3.05) is 49.1 Å². The molecule has 2 aromatic carbocycles. The first-order chi connectivity index (χ1) is 19.3. The first kappa shape index (κ1) is 26.3. The molecule has 0 unspecified atom stereocenters. The fourth-order valence-electron chi connectivity index (χ4n) is 6.19. The van der Waals surface area contributed by atoms with Gasteiger partial charge >= 0.3 is 0 Å². The van der Waals surface area contributed by atoms with Gasteiger partial charge in [-0.1, -0.05) is 38.1 Å². The van der Waals surface area contributed by atoms with Gasteiger partial charge in [0.15, 0.2) is 5.82 Å². The van der Waals surface area contributed by atoms with E-state index < -0.39 is 0 Å². The highest BCUT2D eigenvalue weighted by atomic mass is 16.1. The Morgan fingerprint density at radius 1 is 1.00 bits per heavy atom. The number of benzene rings is 2. The molecule has 1 saturated heterocycles. The molecule has 2 aliphatic rings. The number of aromatic amines is 1. The zero-order valence-electron chi connectivity index (χ0n) is 24.0. The third-order valence-electron chi connectivity index (χ3n) is 8.47. The molecule has 2 aromatic heterocycles. The van der Waals surface area contributed by atoms with E-state index in [2.05, 4.69) is 90.0 Å². The van der Waals surface area contributed by atoms with Crippen molar-refractivity contribution in [2.45, 2.75) is 46.6 Å². The lowest BCUT2D eigenvalue weighted by Gasteiger charge is -2.38. The summed E-state index contributed by atoms with van der Waals surface area (Å²) >= 11 is 0. The smallest absolute Gasteiger partial charge is 0.231 e. The minimum Gasteiger partial charge on any atom is -0.369 e. The van der Waals surface area contributed by atoms with Crippen molar-refractivity contribution < 1.29 is 4.79 Å². The highest BCUT2D eigenvalue weighted by Crippen LogP contribution is 2.36. The second-order valence-electron chi connectivity index (χ2n) is 11.6. The number of carbonyl (C=O) groups is 1. The highest BCUT2D eigenvalue weighted by molar-refractivity contribution is 5.96. The summed E-state index contributed by atoms with van der Waals surface area (Å²) in [5, 5.41) is 1.18. The number of amides is 1.